The Hall–Kier alpha value is -1.54. The number of unbranched alkanes of at least 4 members (excludes halogenated alkanes) is 1. The largest absolute Gasteiger partial charge is 0.352 e. The van der Waals surface area contributed by atoms with Gasteiger partial charge in [-0.05, 0) is 49.4 Å². The van der Waals surface area contributed by atoms with Crippen LogP contribution in [0.3, 0.4) is 0 Å². The quantitative estimate of drug-likeness (QED) is 0.468. The van der Waals surface area contributed by atoms with Crippen molar-refractivity contribution in [2.75, 3.05) is 18.8 Å². The third-order valence-electron chi connectivity index (χ3n) is 4.49. The number of hydrogen-bond acceptors (Lipinski definition) is 4. The van der Waals surface area contributed by atoms with Crippen molar-refractivity contribution in [1.29, 1.82) is 0 Å². The molecule has 0 heterocycles. The van der Waals surface area contributed by atoms with E-state index >= 15 is 0 Å². The fraction of sp³-hybridized carbons (Fsp3) is 0.619. The summed E-state index contributed by atoms with van der Waals surface area (Å²) in [6, 6.07) is 1.82. The second-order valence-electron chi connectivity index (χ2n) is 7.69. The van der Waals surface area contributed by atoms with Crippen molar-refractivity contribution in [3.05, 3.63) is 41.8 Å². The third-order valence-corrected chi connectivity index (χ3v) is 6.69. The van der Waals surface area contributed by atoms with E-state index in [9.17, 15) is 22.0 Å². The first kappa shape index (κ1) is 25.5. The van der Waals surface area contributed by atoms with Crippen LogP contribution in [0.25, 0.3) is 0 Å². The molecule has 1 aromatic carbocycles. The Morgan fingerprint density at radius 1 is 1.17 bits per heavy atom. The van der Waals surface area contributed by atoms with Gasteiger partial charge in [0.15, 0.2) is 9.84 Å². The van der Waals surface area contributed by atoms with E-state index in [0.717, 1.165) is 25.1 Å². The van der Waals surface area contributed by atoms with Crippen LogP contribution in [0.5, 0.6) is 0 Å². The molecule has 0 aliphatic heterocycles. The molecule has 0 saturated carbocycles. The molecule has 1 radical (unpaired) electrons. The van der Waals surface area contributed by atoms with Gasteiger partial charge in [-0.2, -0.15) is 0 Å². The van der Waals surface area contributed by atoms with Crippen LogP contribution in [-0.4, -0.2) is 39.2 Å². The summed E-state index contributed by atoms with van der Waals surface area (Å²) in [6.07, 6.45) is 3.69. The zero-order valence-corrected chi connectivity index (χ0v) is 18.5. The number of sulfone groups is 1. The smallest absolute Gasteiger partial charge is 0.217 e. The summed E-state index contributed by atoms with van der Waals surface area (Å²) in [5.74, 6) is -1.73. The lowest BCUT2D eigenvalue weighted by atomic mass is 10.0. The number of benzene rings is 1. The summed E-state index contributed by atoms with van der Waals surface area (Å²) in [5.41, 5.74) is -0.00390. The molecule has 1 amide bonds. The topological polar surface area (TPSA) is 75.3 Å². The molecule has 1 rings (SSSR count). The number of rotatable bonds is 13. The number of amides is 1. The highest BCUT2D eigenvalue weighted by Crippen LogP contribution is 2.30. The van der Waals surface area contributed by atoms with Gasteiger partial charge in [0.2, 0.25) is 5.91 Å². The molecule has 2 atom stereocenters. The van der Waals surface area contributed by atoms with Gasteiger partial charge in [-0.1, -0.05) is 27.2 Å². The SMILES string of the molecule is CCCCS(=O)(=O)C(c1cc(F)cc(F)c1)[C@H]([CH]CNCCC(C)C)NC(C)=O. The van der Waals surface area contributed by atoms with Gasteiger partial charge < -0.3 is 10.6 Å². The lowest BCUT2D eigenvalue weighted by Crippen LogP contribution is -2.44. The van der Waals surface area contributed by atoms with Gasteiger partial charge >= 0.3 is 0 Å². The van der Waals surface area contributed by atoms with E-state index in [1.807, 2.05) is 6.92 Å². The molecule has 29 heavy (non-hydrogen) atoms. The molecule has 0 aliphatic rings. The van der Waals surface area contributed by atoms with Crippen molar-refractivity contribution in [1.82, 2.24) is 10.6 Å². The first-order chi connectivity index (χ1) is 13.6. The van der Waals surface area contributed by atoms with Crippen LogP contribution in [0.1, 0.15) is 57.8 Å². The summed E-state index contributed by atoms with van der Waals surface area (Å²) in [6.45, 7) is 8.44. The van der Waals surface area contributed by atoms with Crippen molar-refractivity contribution < 1.29 is 22.0 Å². The van der Waals surface area contributed by atoms with Crippen molar-refractivity contribution in [3.63, 3.8) is 0 Å². The summed E-state index contributed by atoms with van der Waals surface area (Å²) >= 11 is 0. The van der Waals surface area contributed by atoms with Gasteiger partial charge in [0.05, 0.1) is 11.8 Å². The van der Waals surface area contributed by atoms with Crippen molar-refractivity contribution in [2.24, 2.45) is 5.92 Å². The van der Waals surface area contributed by atoms with E-state index in [4.69, 9.17) is 0 Å². The second-order valence-corrected chi connectivity index (χ2v) is 9.93. The third kappa shape index (κ3) is 9.21. The normalized spacial score (nSPS) is 14.0. The minimum absolute atomic E-state index is 0.00390. The number of carbonyl (C=O) groups excluding carboxylic acids is 1. The van der Waals surface area contributed by atoms with Crippen LogP contribution in [0.15, 0.2) is 18.2 Å². The highest BCUT2D eigenvalue weighted by Gasteiger charge is 2.35. The van der Waals surface area contributed by atoms with Gasteiger partial charge in [0.1, 0.15) is 16.9 Å². The van der Waals surface area contributed by atoms with E-state index in [0.29, 0.717) is 31.4 Å². The molecule has 1 aromatic rings. The maximum Gasteiger partial charge on any atom is 0.217 e. The highest BCUT2D eigenvalue weighted by atomic mass is 32.2. The molecule has 2 N–H and O–H groups in total. The summed E-state index contributed by atoms with van der Waals surface area (Å²) in [5, 5.41) is 4.57. The molecule has 165 valence electrons. The van der Waals surface area contributed by atoms with E-state index in [2.05, 4.69) is 24.5 Å². The number of nitrogens with one attached hydrogen (secondary N) is 2. The van der Waals surface area contributed by atoms with Gasteiger partial charge in [-0.3, -0.25) is 4.79 Å². The van der Waals surface area contributed by atoms with Gasteiger partial charge in [-0.15, -0.1) is 0 Å². The molecule has 0 fully saturated rings. The Morgan fingerprint density at radius 2 is 1.79 bits per heavy atom. The molecular formula is C21H33F2N2O3S. The van der Waals surface area contributed by atoms with E-state index in [1.165, 1.54) is 6.92 Å². The number of halogens is 2. The van der Waals surface area contributed by atoms with E-state index < -0.39 is 38.7 Å². The predicted molar refractivity (Wildman–Crippen MR) is 112 cm³/mol. The first-order valence-electron chi connectivity index (χ1n) is 10.1. The number of hydrogen-bond donors (Lipinski definition) is 2. The van der Waals surface area contributed by atoms with Crippen LogP contribution in [-0.2, 0) is 14.6 Å². The van der Waals surface area contributed by atoms with E-state index in [-0.39, 0.29) is 11.3 Å². The monoisotopic (exact) mass is 431 g/mol. The summed E-state index contributed by atoms with van der Waals surface area (Å²) in [4.78, 5) is 11.7. The van der Waals surface area contributed by atoms with Crippen LogP contribution in [0.2, 0.25) is 0 Å². The molecule has 8 heteroatoms. The second kappa shape index (κ2) is 12.2. The van der Waals surface area contributed by atoms with Crippen molar-refractivity contribution in [2.45, 2.75) is 58.2 Å². The molecule has 5 nitrogen and oxygen atoms in total. The number of carbonyl (C=O) groups is 1. The van der Waals surface area contributed by atoms with Crippen LogP contribution < -0.4 is 10.6 Å². The lowest BCUT2D eigenvalue weighted by molar-refractivity contribution is -0.119. The minimum atomic E-state index is -3.78. The molecule has 0 bridgehead atoms. The highest BCUT2D eigenvalue weighted by molar-refractivity contribution is 7.91. The fourth-order valence-corrected chi connectivity index (χ4v) is 5.17. The maximum atomic E-state index is 13.8. The molecular weight excluding hydrogens is 398 g/mol. The average molecular weight is 432 g/mol. The molecule has 0 spiro atoms. The maximum absolute atomic E-state index is 13.8. The molecule has 1 unspecified atom stereocenters. The summed E-state index contributed by atoms with van der Waals surface area (Å²) < 4.78 is 53.8. The Balaban J connectivity index is 3.19. The zero-order chi connectivity index (χ0) is 22.0. The zero-order valence-electron chi connectivity index (χ0n) is 17.7. The average Bonchev–Trinajstić information content (AvgIpc) is 2.57. The van der Waals surface area contributed by atoms with Crippen molar-refractivity contribution in [3.8, 4) is 0 Å². The molecule has 0 aromatic heterocycles. The van der Waals surface area contributed by atoms with Crippen LogP contribution >= 0.6 is 0 Å². The van der Waals surface area contributed by atoms with Gasteiger partial charge in [0, 0.05) is 19.5 Å². The first-order valence-corrected chi connectivity index (χ1v) is 11.8. The minimum Gasteiger partial charge on any atom is -0.352 e. The van der Waals surface area contributed by atoms with E-state index in [1.54, 1.807) is 6.42 Å². The van der Waals surface area contributed by atoms with Gasteiger partial charge in [-0.25, -0.2) is 17.2 Å². The molecule has 0 saturated heterocycles. The predicted octanol–water partition coefficient (Wildman–Crippen LogP) is 3.57. The Bertz CT molecular complexity index is 734. The van der Waals surface area contributed by atoms with Crippen LogP contribution in [0.4, 0.5) is 8.78 Å². The lowest BCUT2D eigenvalue weighted by Gasteiger charge is -2.28. The summed E-state index contributed by atoms with van der Waals surface area (Å²) in [7, 11) is -3.78. The fourth-order valence-electron chi connectivity index (χ4n) is 3.05. The Morgan fingerprint density at radius 3 is 2.31 bits per heavy atom. The Labute approximate surface area is 173 Å². The van der Waals surface area contributed by atoms with Crippen molar-refractivity contribution >= 4 is 15.7 Å². The Kier molecular flexibility index (Phi) is 10.7. The van der Waals surface area contributed by atoms with Crippen LogP contribution in [0, 0.1) is 24.0 Å². The molecule has 0 aliphatic carbocycles. The van der Waals surface area contributed by atoms with Gasteiger partial charge in [0.25, 0.3) is 0 Å². The standard InChI is InChI=1S/C21H33F2N2O3S/c1-5-6-11-29(27,28)21(17-12-18(22)14-19(23)13-17)20(25-16(4)26)8-10-24-9-7-15(2)3/h8,12-15,20-21,24H,5-7,9-11H2,1-4H3,(H,25,26)/t20-,21?/m0/s1.